The first-order valence-corrected chi connectivity index (χ1v) is 9.42. The molecule has 1 aliphatic carbocycles. The number of hydrogen-bond donors (Lipinski definition) is 0. The summed E-state index contributed by atoms with van der Waals surface area (Å²) in [5, 5.41) is 0. The molecule has 130 valence electrons. The Kier molecular flexibility index (Phi) is 4.54. The second-order valence-electron chi connectivity index (χ2n) is 7.22. The van der Waals surface area contributed by atoms with Crippen molar-refractivity contribution in [1.82, 2.24) is 14.9 Å². The molecule has 0 aromatic carbocycles. The molecule has 24 heavy (non-hydrogen) atoms. The van der Waals surface area contributed by atoms with Crippen LogP contribution in [-0.2, 0) is 4.79 Å². The lowest BCUT2D eigenvalue weighted by Crippen LogP contribution is -2.36. The number of amides is 1. The highest BCUT2D eigenvalue weighted by Crippen LogP contribution is 2.31. The van der Waals surface area contributed by atoms with Gasteiger partial charge in [0.1, 0.15) is 18.0 Å². The molecule has 0 radical (unpaired) electrons. The first-order valence-electron chi connectivity index (χ1n) is 9.42. The van der Waals surface area contributed by atoms with E-state index >= 15 is 0 Å². The van der Waals surface area contributed by atoms with Gasteiger partial charge in [-0.2, -0.15) is 0 Å². The van der Waals surface area contributed by atoms with Gasteiger partial charge in [0.15, 0.2) is 0 Å². The molecule has 1 saturated carbocycles. The summed E-state index contributed by atoms with van der Waals surface area (Å²) < 4.78 is 0. The molecule has 0 spiro atoms. The zero-order chi connectivity index (χ0) is 16.4. The van der Waals surface area contributed by atoms with E-state index in [1.165, 1.54) is 19.3 Å². The van der Waals surface area contributed by atoms with Crippen molar-refractivity contribution in [2.45, 2.75) is 38.5 Å². The predicted molar refractivity (Wildman–Crippen MR) is 94.2 cm³/mol. The summed E-state index contributed by atoms with van der Waals surface area (Å²) in [6, 6.07) is 2.13. The number of anilines is 2. The molecule has 6 nitrogen and oxygen atoms in total. The van der Waals surface area contributed by atoms with E-state index in [9.17, 15) is 4.79 Å². The summed E-state index contributed by atoms with van der Waals surface area (Å²) in [6.45, 7) is 5.73. The molecule has 1 aromatic rings. The van der Waals surface area contributed by atoms with Crippen molar-refractivity contribution in [3.8, 4) is 0 Å². The van der Waals surface area contributed by atoms with E-state index in [1.54, 1.807) is 6.33 Å². The fraction of sp³-hybridized carbons (Fsp3) is 0.722. The topological polar surface area (TPSA) is 52.6 Å². The third-order valence-corrected chi connectivity index (χ3v) is 5.38. The lowest BCUT2D eigenvalue weighted by Gasteiger charge is -2.29. The molecule has 0 N–H and O–H groups in total. The van der Waals surface area contributed by atoms with Gasteiger partial charge in [-0.3, -0.25) is 4.79 Å². The zero-order valence-corrected chi connectivity index (χ0v) is 14.4. The number of carbonyl (C=O) groups is 1. The van der Waals surface area contributed by atoms with Gasteiger partial charge in [0.25, 0.3) is 0 Å². The van der Waals surface area contributed by atoms with E-state index in [1.807, 2.05) is 0 Å². The molecular weight excluding hydrogens is 302 g/mol. The molecule has 3 fully saturated rings. The third kappa shape index (κ3) is 3.47. The van der Waals surface area contributed by atoms with Crippen molar-refractivity contribution in [3.63, 3.8) is 0 Å². The molecule has 3 aliphatic rings. The van der Waals surface area contributed by atoms with Gasteiger partial charge >= 0.3 is 0 Å². The van der Waals surface area contributed by atoms with Crippen LogP contribution in [0, 0.1) is 5.92 Å². The van der Waals surface area contributed by atoms with Crippen LogP contribution < -0.4 is 9.80 Å². The minimum Gasteiger partial charge on any atom is -0.356 e. The summed E-state index contributed by atoms with van der Waals surface area (Å²) in [5.41, 5.74) is 0. The molecule has 2 saturated heterocycles. The zero-order valence-electron chi connectivity index (χ0n) is 14.4. The van der Waals surface area contributed by atoms with Gasteiger partial charge in [-0.1, -0.05) is 0 Å². The number of hydrogen-bond acceptors (Lipinski definition) is 5. The molecule has 6 heteroatoms. The fourth-order valence-electron chi connectivity index (χ4n) is 3.76. The van der Waals surface area contributed by atoms with Gasteiger partial charge in [-0.15, -0.1) is 0 Å². The van der Waals surface area contributed by atoms with Crippen LogP contribution in [0.4, 0.5) is 11.6 Å². The van der Waals surface area contributed by atoms with Crippen molar-refractivity contribution >= 4 is 17.5 Å². The normalized spacial score (nSPS) is 22.4. The van der Waals surface area contributed by atoms with E-state index in [0.29, 0.717) is 11.8 Å². The van der Waals surface area contributed by atoms with Gasteiger partial charge in [0.2, 0.25) is 5.91 Å². The maximum atomic E-state index is 12.3. The SMILES string of the molecule is O=C(C1CC1)N1CCCN(c2cc(N3CCCCC3)ncn2)CC1. The van der Waals surface area contributed by atoms with E-state index in [4.69, 9.17) is 0 Å². The summed E-state index contributed by atoms with van der Waals surface area (Å²) in [5.74, 6) is 2.75. The average Bonchev–Trinajstić information content (AvgIpc) is 3.49. The summed E-state index contributed by atoms with van der Waals surface area (Å²) in [4.78, 5) is 28.0. The number of carbonyl (C=O) groups excluding carboxylic acids is 1. The molecule has 3 heterocycles. The van der Waals surface area contributed by atoms with Gasteiger partial charge < -0.3 is 14.7 Å². The smallest absolute Gasteiger partial charge is 0.225 e. The first-order chi connectivity index (χ1) is 11.8. The summed E-state index contributed by atoms with van der Waals surface area (Å²) >= 11 is 0. The molecule has 1 aromatic heterocycles. The standard InChI is InChI=1S/C18H27N5O/c24-18(15-5-6-15)23-10-4-9-22(11-12-23)17-13-16(19-14-20-17)21-7-2-1-3-8-21/h13-15H,1-12H2. The van der Waals surface area contributed by atoms with Crippen molar-refractivity contribution in [2.75, 3.05) is 49.1 Å². The highest BCUT2D eigenvalue weighted by molar-refractivity contribution is 5.81. The van der Waals surface area contributed by atoms with Crippen molar-refractivity contribution < 1.29 is 4.79 Å². The second-order valence-corrected chi connectivity index (χ2v) is 7.22. The lowest BCUT2D eigenvalue weighted by molar-refractivity contribution is -0.132. The van der Waals surface area contributed by atoms with Crippen LogP contribution in [0.15, 0.2) is 12.4 Å². The van der Waals surface area contributed by atoms with Gasteiger partial charge in [0, 0.05) is 51.3 Å². The Hall–Kier alpha value is -1.85. The Morgan fingerprint density at radius 1 is 0.833 bits per heavy atom. The largest absolute Gasteiger partial charge is 0.356 e. The van der Waals surface area contributed by atoms with Crippen molar-refractivity contribution in [2.24, 2.45) is 5.92 Å². The number of aromatic nitrogens is 2. The highest BCUT2D eigenvalue weighted by Gasteiger charge is 2.34. The van der Waals surface area contributed by atoms with E-state index in [2.05, 4.69) is 30.7 Å². The number of nitrogens with zero attached hydrogens (tertiary/aromatic N) is 5. The fourth-order valence-corrected chi connectivity index (χ4v) is 3.76. The summed E-state index contributed by atoms with van der Waals surface area (Å²) in [7, 11) is 0. The molecule has 4 rings (SSSR count). The summed E-state index contributed by atoms with van der Waals surface area (Å²) in [6.07, 6.45) is 8.71. The third-order valence-electron chi connectivity index (χ3n) is 5.38. The van der Waals surface area contributed by atoms with Crippen LogP contribution in [0.5, 0.6) is 0 Å². The van der Waals surface area contributed by atoms with Crippen LogP contribution in [0.1, 0.15) is 38.5 Å². The molecular formula is C18H27N5O. The Balaban J connectivity index is 1.42. The van der Waals surface area contributed by atoms with Crippen LogP contribution in [0.3, 0.4) is 0 Å². The van der Waals surface area contributed by atoms with E-state index in [0.717, 1.165) is 70.2 Å². The van der Waals surface area contributed by atoms with Crippen molar-refractivity contribution in [1.29, 1.82) is 0 Å². The van der Waals surface area contributed by atoms with Gasteiger partial charge in [0.05, 0.1) is 0 Å². The minimum atomic E-state index is 0.321. The van der Waals surface area contributed by atoms with Crippen LogP contribution in [-0.4, -0.2) is 60.0 Å². The average molecular weight is 329 g/mol. The minimum absolute atomic E-state index is 0.321. The monoisotopic (exact) mass is 329 g/mol. The Morgan fingerprint density at radius 2 is 1.50 bits per heavy atom. The predicted octanol–water partition coefficient (Wildman–Crippen LogP) is 1.92. The first kappa shape index (κ1) is 15.7. The molecule has 1 amide bonds. The van der Waals surface area contributed by atoms with Crippen LogP contribution in [0.2, 0.25) is 0 Å². The van der Waals surface area contributed by atoms with Gasteiger partial charge in [-0.25, -0.2) is 9.97 Å². The molecule has 0 unspecified atom stereocenters. The van der Waals surface area contributed by atoms with Crippen LogP contribution in [0.25, 0.3) is 0 Å². The second kappa shape index (κ2) is 6.95. The van der Waals surface area contributed by atoms with Gasteiger partial charge in [-0.05, 0) is 38.5 Å². The van der Waals surface area contributed by atoms with E-state index in [-0.39, 0.29) is 0 Å². The quantitative estimate of drug-likeness (QED) is 0.848. The molecule has 2 aliphatic heterocycles. The highest BCUT2D eigenvalue weighted by atomic mass is 16.2. The maximum absolute atomic E-state index is 12.3. The Labute approximate surface area is 143 Å². The van der Waals surface area contributed by atoms with Crippen LogP contribution >= 0.6 is 0 Å². The lowest BCUT2D eigenvalue weighted by atomic mass is 10.1. The molecule has 0 atom stereocenters. The Bertz CT molecular complexity index is 583. The number of rotatable bonds is 3. The van der Waals surface area contributed by atoms with Crippen molar-refractivity contribution in [3.05, 3.63) is 12.4 Å². The number of piperidine rings is 1. The maximum Gasteiger partial charge on any atom is 0.225 e. The Morgan fingerprint density at radius 3 is 2.21 bits per heavy atom. The van der Waals surface area contributed by atoms with E-state index < -0.39 is 0 Å². The molecule has 0 bridgehead atoms.